The Morgan fingerprint density at radius 2 is 2.11 bits per heavy atom. The van der Waals surface area contributed by atoms with Gasteiger partial charge in [0.2, 0.25) is 11.8 Å². The lowest BCUT2D eigenvalue weighted by Crippen LogP contribution is -2.52. The molecule has 1 unspecified atom stereocenters. The highest BCUT2D eigenvalue weighted by Crippen LogP contribution is 2.33. The monoisotopic (exact) mass is 368 g/mol. The third-order valence-electron chi connectivity index (χ3n) is 5.08. The quantitative estimate of drug-likeness (QED) is 0.815. The molecule has 0 spiro atoms. The van der Waals surface area contributed by atoms with E-state index in [1.165, 1.54) is 4.90 Å². The van der Waals surface area contributed by atoms with Crippen molar-refractivity contribution in [2.24, 2.45) is 7.05 Å². The van der Waals surface area contributed by atoms with Crippen LogP contribution in [-0.2, 0) is 29.8 Å². The highest BCUT2D eigenvalue weighted by Gasteiger charge is 2.40. The number of ether oxygens (including phenoxy) is 1. The fourth-order valence-corrected chi connectivity index (χ4v) is 3.55. The van der Waals surface area contributed by atoms with Crippen LogP contribution in [0.15, 0.2) is 24.3 Å². The fourth-order valence-electron chi connectivity index (χ4n) is 3.55. The highest BCUT2D eigenvalue weighted by atomic mass is 16.5. The Morgan fingerprint density at radius 3 is 2.81 bits per heavy atom. The first-order chi connectivity index (χ1) is 12.9. The van der Waals surface area contributed by atoms with Gasteiger partial charge in [0.25, 0.3) is 5.91 Å². The molecule has 2 aromatic rings. The average molecular weight is 368 g/mol. The van der Waals surface area contributed by atoms with Crippen molar-refractivity contribution in [3.8, 4) is 5.75 Å². The van der Waals surface area contributed by atoms with E-state index in [4.69, 9.17) is 4.74 Å². The van der Waals surface area contributed by atoms with Crippen LogP contribution in [0.3, 0.4) is 0 Å². The molecule has 0 aliphatic carbocycles. The van der Waals surface area contributed by atoms with Gasteiger partial charge >= 0.3 is 0 Å². The Labute approximate surface area is 156 Å². The smallest absolute Gasteiger partial charge is 0.255 e. The average Bonchev–Trinajstić information content (AvgIpc) is 3.13. The molecule has 2 aliphatic heterocycles. The summed E-state index contributed by atoms with van der Waals surface area (Å²) < 4.78 is 7.70. The molecule has 8 nitrogen and oxygen atoms in total. The molecule has 1 N–H and O–H groups in total. The highest BCUT2D eigenvalue weighted by molar-refractivity contribution is 6.05. The summed E-state index contributed by atoms with van der Waals surface area (Å²) in [5, 5.41) is 6.68. The minimum atomic E-state index is -0.631. The summed E-state index contributed by atoms with van der Waals surface area (Å²) >= 11 is 0. The van der Waals surface area contributed by atoms with E-state index < -0.39 is 11.9 Å². The van der Waals surface area contributed by atoms with Gasteiger partial charge in [-0.05, 0) is 31.5 Å². The molecule has 4 rings (SSSR count). The molecule has 2 aliphatic rings. The number of nitrogens with one attached hydrogen (secondary N) is 1. The number of carbonyl (C=O) groups is 3. The number of carbonyl (C=O) groups excluding carboxylic acids is 3. The summed E-state index contributed by atoms with van der Waals surface area (Å²) in [6.45, 7) is 2.55. The molecule has 8 heteroatoms. The number of piperidine rings is 1. The van der Waals surface area contributed by atoms with Crippen molar-refractivity contribution in [1.82, 2.24) is 20.0 Å². The van der Waals surface area contributed by atoms with Gasteiger partial charge in [-0.2, -0.15) is 5.10 Å². The molecule has 1 aromatic heterocycles. The van der Waals surface area contributed by atoms with Crippen molar-refractivity contribution >= 4 is 17.7 Å². The van der Waals surface area contributed by atoms with Gasteiger partial charge in [-0.15, -0.1) is 0 Å². The van der Waals surface area contributed by atoms with Gasteiger partial charge in [0.15, 0.2) is 0 Å². The zero-order valence-corrected chi connectivity index (χ0v) is 15.2. The number of aryl methyl sites for hydroxylation is 2. The predicted molar refractivity (Wildman–Crippen MR) is 94.8 cm³/mol. The van der Waals surface area contributed by atoms with Crippen LogP contribution in [0.5, 0.6) is 5.75 Å². The van der Waals surface area contributed by atoms with Crippen LogP contribution in [0.4, 0.5) is 0 Å². The van der Waals surface area contributed by atoms with Crippen LogP contribution in [0.2, 0.25) is 0 Å². The van der Waals surface area contributed by atoms with E-state index in [0.29, 0.717) is 24.3 Å². The topological polar surface area (TPSA) is 93.5 Å². The van der Waals surface area contributed by atoms with Crippen LogP contribution < -0.4 is 10.1 Å². The number of imide groups is 1. The first kappa shape index (κ1) is 17.3. The maximum Gasteiger partial charge on any atom is 0.255 e. The first-order valence-corrected chi connectivity index (χ1v) is 8.83. The minimum Gasteiger partial charge on any atom is -0.487 e. The summed E-state index contributed by atoms with van der Waals surface area (Å²) in [4.78, 5) is 37.8. The molecule has 0 radical (unpaired) electrons. The number of hydrogen-bond donors (Lipinski definition) is 1. The number of nitrogens with zero attached hydrogens (tertiary/aromatic N) is 3. The third-order valence-corrected chi connectivity index (χ3v) is 5.08. The Kier molecular flexibility index (Phi) is 4.18. The Balaban J connectivity index is 1.53. The van der Waals surface area contributed by atoms with Gasteiger partial charge in [0.1, 0.15) is 24.1 Å². The second kappa shape index (κ2) is 6.53. The molecule has 3 amide bonds. The standard InChI is InChI=1S/C19H20N4O4/c1-11-8-12(21-22(11)2)10-27-16-5-3-4-13-14(16)9-23(19(13)26)15-6-7-17(24)20-18(15)25/h3-5,8,15H,6-7,9-10H2,1-2H3,(H,20,24,25). The maximum atomic E-state index is 12.8. The van der Waals surface area contributed by atoms with Gasteiger partial charge in [-0.25, -0.2) is 0 Å². The largest absolute Gasteiger partial charge is 0.487 e. The maximum absolute atomic E-state index is 12.8. The second-order valence-corrected chi connectivity index (χ2v) is 6.87. The number of fused-ring (bicyclic) bond motifs is 1. The lowest BCUT2D eigenvalue weighted by molar-refractivity contribution is -0.136. The van der Waals surface area contributed by atoms with E-state index in [0.717, 1.165) is 17.0 Å². The Bertz CT molecular complexity index is 930. The SMILES string of the molecule is Cc1cc(COc2cccc3c2CN(C2CCC(=O)NC2=O)C3=O)nn1C. The van der Waals surface area contributed by atoms with E-state index in [2.05, 4.69) is 10.4 Å². The lowest BCUT2D eigenvalue weighted by Gasteiger charge is -2.29. The minimum absolute atomic E-state index is 0.210. The molecule has 1 fully saturated rings. The number of rotatable bonds is 4. The van der Waals surface area contributed by atoms with Crippen molar-refractivity contribution in [2.75, 3.05) is 0 Å². The van der Waals surface area contributed by atoms with Crippen molar-refractivity contribution in [1.29, 1.82) is 0 Å². The lowest BCUT2D eigenvalue weighted by atomic mass is 10.0. The third kappa shape index (κ3) is 3.07. The molecular weight excluding hydrogens is 348 g/mol. The summed E-state index contributed by atoms with van der Waals surface area (Å²) in [5.41, 5.74) is 3.14. The summed E-state index contributed by atoms with van der Waals surface area (Å²) in [6, 6.07) is 6.64. The molecule has 0 saturated carbocycles. The predicted octanol–water partition coefficient (Wildman–Crippen LogP) is 1.07. The van der Waals surface area contributed by atoms with Gasteiger partial charge < -0.3 is 9.64 Å². The van der Waals surface area contributed by atoms with Crippen LogP contribution in [-0.4, -0.2) is 38.4 Å². The molecule has 27 heavy (non-hydrogen) atoms. The molecule has 0 bridgehead atoms. The fraction of sp³-hybridized carbons (Fsp3) is 0.368. The van der Waals surface area contributed by atoms with E-state index in [-0.39, 0.29) is 24.8 Å². The van der Waals surface area contributed by atoms with Crippen molar-refractivity contribution in [3.05, 3.63) is 46.8 Å². The second-order valence-electron chi connectivity index (χ2n) is 6.87. The van der Waals surface area contributed by atoms with Gasteiger partial charge in [0, 0.05) is 30.3 Å². The van der Waals surface area contributed by atoms with Crippen LogP contribution in [0.1, 0.15) is 40.2 Å². The normalized spacial score (nSPS) is 19.3. The Morgan fingerprint density at radius 1 is 1.30 bits per heavy atom. The number of benzene rings is 1. The van der Waals surface area contributed by atoms with E-state index in [1.54, 1.807) is 16.8 Å². The molecular formula is C19H20N4O4. The van der Waals surface area contributed by atoms with Crippen LogP contribution in [0.25, 0.3) is 0 Å². The van der Waals surface area contributed by atoms with E-state index in [9.17, 15) is 14.4 Å². The van der Waals surface area contributed by atoms with E-state index in [1.807, 2.05) is 26.1 Å². The molecule has 140 valence electrons. The Hall–Kier alpha value is -3.16. The van der Waals surface area contributed by atoms with Crippen molar-refractivity contribution < 1.29 is 19.1 Å². The molecule has 1 saturated heterocycles. The van der Waals surface area contributed by atoms with Crippen molar-refractivity contribution in [2.45, 2.75) is 39.0 Å². The number of hydrogen-bond acceptors (Lipinski definition) is 5. The van der Waals surface area contributed by atoms with E-state index >= 15 is 0 Å². The summed E-state index contributed by atoms with van der Waals surface area (Å²) in [5.74, 6) is -0.313. The summed E-state index contributed by atoms with van der Waals surface area (Å²) in [6.07, 6.45) is 0.576. The zero-order valence-electron chi connectivity index (χ0n) is 15.2. The van der Waals surface area contributed by atoms with Crippen LogP contribution in [0, 0.1) is 6.92 Å². The van der Waals surface area contributed by atoms with Gasteiger partial charge in [-0.1, -0.05) is 6.07 Å². The molecule has 1 aromatic carbocycles. The van der Waals surface area contributed by atoms with Gasteiger partial charge in [-0.3, -0.25) is 24.4 Å². The van der Waals surface area contributed by atoms with Crippen LogP contribution >= 0.6 is 0 Å². The van der Waals surface area contributed by atoms with Gasteiger partial charge in [0.05, 0.1) is 6.54 Å². The number of amides is 3. The number of aromatic nitrogens is 2. The molecule has 3 heterocycles. The van der Waals surface area contributed by atoms with Crippen molar-refractivity contribution in [3.63, 3.8) is 0 Å². The summed E-state index contributed by atoms with van der Waals surface area (Å²) in [7, 11) is 1.87. The first-order valence-electron chi connectivity index (χ1n) is 8.83. The zero-order chi connectivity index (χ0) is 19.1. The molecule has 1 atom stereocenters.